The van der Waals surface area contributed by atoms with E-state index in [1.54, 1.807) is 18.2 Å². The van der Waals surface area contributed by atoms with E-state index in [-0.39, 0.29) is 55.7 Å². The summed E-state index contributed by atoms with van der Waals surface area (Å²) in [5.41, 5.74) is 14.6. The Morgan fingerprint density at radius 3 is 2.15 bits per heavy atom. The summed E-state index contributed by atoms with van der Waals surface area (Å²) >= 11 is 0. The van der Waals surface area contributed by atoms with Gasteiger partial charge in [0, 0.05) is 6.42 Å². The molecule has 0 aliphatic heterocycles. The topological polar surface area (TPSA) is 99.7 Å². The van der Waals surface area contributed by atoms with Crippen LogP contribution in [0.25, 0.3) is 0 Å². The van der Waals surface area contributed by atoms with Gasteiger partial charge in [0.2, 0.25) is 0 Å². The summed E-state index contributed by atoms with van der Waals surface area (Å²) in [5.74, 6) is 0. The van der Waals surface area contributed by atoms with Gasteiger partial charge >= 0.3 is 0 Å². The zero-order chi connectivity index (χ0) is 11.7. The second kappa shape index (κ2) is 10.0. The molecule has 0 heterocycles. The molecular formula is C12H18Cl4N4. The van der Waals surface area contributed by atoms with Crippen molar-refractivity contribution in [1.82, 2.24) is 0 Å². The average molecular weight is 360 g/mol. The van der Waals surface area contributed by atoms with Gasteiger partial charge in [-0.05, 0) is 23.3 Å². The molecule has 0 saturated heterocycles. The summed E-state index contributed by atoms with van der Waals surface area (Å²) in [6, 6.07) is -0.312. The van der Waals surface area contributed by atoms with E-state index in [2.05, 4.69) is 0 Å². The van der Waals surface area contributed by atoms with Gasteiger partial charge in [0.05, 0.1) is 23.2 Å². The minimum Gasteiger partial charge on any atom is -0.397 e. The number of nitrogens with two attached hydrogens (primary N) is 2. The van der Waals surface area contributed by atoms with Gasteiger partial charge < -0.3 is 22.3 Å². The third-order valence-electron chi connectivity index (χ3n) is 2.70. The van der Waals surface area contributed by atoms with Gasteiger partial charge in [-0.3, -0.25) is 0 Å². The fourth-order valence-electron chi connectivity index (χ4n) is 1.66. The Labute approximate surface area is 143 Å². The fraction of sp³-hybridized carbons (Fsp3) is 0.167. The summed E-state index contributed by atoms with van der Waals surface area (Å²) < 4.78 is 0. The number of nitrogens with one attached hydrogen (secondary N) is 2. The summed E-state index contributed by atoms with van der Waals surface area (Å²) in [5, 5.41) is 15.3. The average Bonchev–Trinajstić information content (AvgIpc) is 2.26. The van der Waals surface area contributed by atoms with Crippen LogP contribution in [0.15, 0.2) is 47.2 Å². The minimum absolute atomic E-state index is 0. The van der Waals surface area contributed by atoms with E-state index in [0.717, 1.165) is 11.1 Å². The normalized spacial score (nSPS) is 20.1. The summed E-state index contributed by atoms with van der Waals surface area (Å²) in [6.45, 7) is 0. The third-order valence-corrected chi connectivity index (χ3v) is 2.70. The summed E-state index contributed by atoms with van der Waals surface area (Å²) in [4.78, 5) is 0. The maximum Gasteiger partial charge on any atom is 0.0652 e. The Balaban J connectivity index is -0.000000722. The van der Waals surface area contributed by atoms with Gasteiger partial charge in [-0.2, -0.15) is 0 Å². The molecule has 2 rings (SSSR count). The van der Waals surface area contributed by atoms with E-state index >= 15 is 0 Å². The van der Waals surface area contributed by atoms with Crippen molar-refractivity contribution in [3.63, 3.8) is 0 Å². The maximum atomic E-state index is 7.67. The predicted molar refractivity (Wildman–Crippen MR) is 94.6 cm³/mol. The van der Waals surface area contributed by atoms with Crippen LogP contribution in [0.4, 0.5) is 0 Å². The summed E-state index contributed by atoms with van der Waals surface area (Å²) in [6.07, 6.45) is 9.59. The van der Waals surface area contributed by atoms with Crippen molar-refractivity contribution in [3.05, 3.63) is 47.2 Å². The molecule has 0 amide bonds. The third kappa shape index (κ3) is 5.31. The van der Waals surface area contributed by atoms with Crippen LogP contribution in [0.5, 0.6) is 0 Å². The smallest absolute Gasteiger partial charge is 0.0652 e. The molecule has 1 atom stereocenters. The predicted octanol–water partition coefficient (Wildman–Crippen LogP) is 2.71. The molecule has 0 saturated carbocycles. The molecule has 114 valence electrons. The van der Waals surface area contributed by atoms with E-state index in [0.29, 0.717) is 23.5 Å². The molecule has 4 nitrogen and oxygen atoms in total. The molecule has 0 spiro atoms. The maximum absolute atomic E-state index is 7.67. The van der Waals surface area contributed by atoms with Crippen LogP contribution in [0.3, 0.4) is 0 Å². The molecule has 2 aliphatic rings. The zero-order valence-corrected chi connectivity index (χ0v) is 13.7. The lowest BCUT2D eigenvalue weighted by molar-refractivity contribution is 1.05. The molecule has 0 fully saturated rings. The molecule has 0 aromatic carbocycles. The molecular weight excluding hydrogens is 342 g/mol. The van der Waals surface area contributed by atoms with Crippen molar-refractivity contribution in [3.8, 4) is 0 Å². The lowest BCUT2D eigenvalue weighted by Gasteiger charge is -2.18. The van der Waals surface area contributed by atoms with Crippen LogP contribution < -0.4 is 11.5 Å². The van der Waals surface area contributed by atoms with Gasteiger partial charge in [-0.15, -0.1) is 49.6 Å². The molecule has 1 unspecified atom stereocenters. The van der Waals surface area contributed by atoms with Crippen molar-refractivity contribution in [1.29, 1.82) is 10.8 Å². The van der Waals surface area contributed by atoms with Crippen molar-refractivity contribution in [2.75, 3.05) is 0 Å². The Bertz CT molecular complexity index is 492. The van der Waals surface area contributed by atoms with Crippen LogP contribution in [0.1, 0.15) is 6.42 Å². The minimum atomic E-state index is -0.312. The van der Waals surface area contributed by atoms with Crippen molar-refractivity contribution >= 4 is 61.1 Å². The SMILES string of the molecule is Cl.Cl.Cl.Cl.N=C1CC(C2=CC(=N)C(N)C=C2)=CC=C1N. The van der Waals surface area contributed by atoms with Gasteiger partial charge in [0.25, 0.3) is 0 Å². The first kappa shape index (κ1) is 24.3. The quantitative estimate of drug-likeness (QED) is 0.578. The Hall–Kier alpha value is -0.780. The first-order valence-electron chi connectivity index (χ1n) is 5.06. The number of allylic oxidation sites excluding steroid dienone is 6. The highest BCUT2D eigenvalue weighted by atomic mass is 35.5. The molecule has 2 aliphatic carbocycles. The highest BCUT2D eigenvalue weighted by Gasteiger charge is 2.16. The number of halogens is 4. The van der Waals surface area contributed by atoms with E-state index in [9.17, 15) is 0 Å². The van der Waals surface area contributed by atoms with Crippen molar-refractivity contribution in [2.45, 2.75) is 12.5 Å². The first-order valence-corrected chi connectivity index (χ1v) is 5.06. The van der Waals surface area contributed by atoms with Crippen LogP contribution in [0, 0.1) is 10.8 Å². The lowest BCUT2D eigenvalue weighted by Crippen LogP contribution is -2.28. The van der Waals surface area contributed by atoms with Crippen molar-refractivity contribution < 1.29 is 0 Å². The standard InChI is InChI=1S/C12H14N4.4ClH/c13-9-3-1-7(5-11(9)15)8-2-4-10(14)12(16)6-8;;;;/h1-5,9,15-16H,6,13-14H2;4*1H. The van der Waals surface area contributed by atoms with Crippen molar-refractivity contribution in [2.24, 2.45) is 11.5 Å². The molecule has 0 aromatic heterocycles. The summed E-state index contributed by atoms with van der Waals surface area (Å²) in [7, 11) is 0. The highest BCUT2D eigenvalue weighted by Crippen LogP contribution is 2.23. The van der Waals surface area contributed by atoms with Crippen LogP contribution in [0.2, 0.25) is 0 Å². The Morgan fingerprint density at radius 2 is 1.65 bits per heavy atom. The molecule has 0 bridgehead atoms. The molecule has 8 heteroatoms. The lowest BCUT2D eigenvalue weighted by atomic mass is 9.90. The van der Waals surface area contributed by atoms with Gasteiger partial charge in [-0.25, -0.2) is 0 Å². The largest absolute Gasteiger partial charge is 0.397 e. The van der Waals surface area contributed by atoms with Gasteiger partial charge in [-0.1, -0.05) is 18.2 Å². The molecule has 6 N–H and O–H groups in total. The molecule has 0 radical (unpaired) electrons. The van der Waals surface area contributed by atoms with Gasteiger partial charge in [0.15, 0.2) is 0 Å². The second-order valence-electron chi connectivity index (χ2n) is 3.91. The van der Waals surface area contributed by atoms with Crippen LogP contribution in [-0.4, -0.2) is 17.5 Å². The highest BCUT2D eigenvalue weighted by molar-refractivity contribution is 6.03. The second-order valence-corrected chi connectivity index (χ2v) is 3.91. The fourth-order valence-corrected chi connectivity index (χ4v) is 1.66. The Kier molecular flexibility index (Phi) is 12.2. The number of hydrogen-bond donors (Lipinski definition) is 4. The molecule has 0 aromatic rings. The van der Waals surface area contributed by atoms with E-state index in [1.807, 2.05) is 12.2 Å². The number of rotatable bonds is 1. The van der Waals surface area contributed by atoms with E-state index in [4.69, 9.17) is 22.3 Å². The number of hydrogen-bond acceptors (Lipinski definition) is 4. The van der Waals surface area contributed by atoms with Gasteiger partial charge in [0.1, 0.15) is 0 Å². The van der Waals surface area contributed by atoms with Crippen LogP contribution in [-0.2, 0) is 0 Å². The van der Waals surface area contributed by atoms with E-state index < -0.39 is 0 Å². The zero-order valence-electron chi connectivity index (χ0n) is 10.5. The molecule has 20 heavy (non-hydrogen) atoms. The van der Waals surface area contributed by atoms with E-state index in [1.165, 1.54) is 0 Å². The van der Waals surface area contributed by atoms with Crippen LogP contribution >= 0.6 is 49.6 Å². The Morgan fingerprint density at radius 1 is 1.05 bits per heavy atom. The monoisotopic (exact) mass is 358 g/mol. The first-order chi connectivity index (χ1) is 7.58.